The number of phenols is 5. The zero-order chi connectivity index (χ0) is 15.6. The Morgan fingerprint density at radius 3 is 2.14 bits per heavy atom. The summed E-state index contributed by atoms with van der Waals surface area (Å²) in [6.45, 7) is 0. The Morgan fingerprint density at radius 1 is 0.905 bits per heavy atom. The molecular formula is C15H12O6. The minimum Gasteiger partial charge on any atom is -0.508 e. The minimum atomic E-state index is -0.729. The summed E-state index contributed by atoms with van der Waals surface area (Å²) in [7, 11) is 0. The van der Waals surface area contributed by atoms with Crippen LogP contribution in [-0.4, -0.2) is 31.3 Å². The zero-order valence-electron chi connectivity index (χ0n) is 10.7. The van der Waals surface area contributed by atoms with Gasteiger partial charge in [0.2, 0.25) is 0 Å². The monoisotopic (exact) mass is 288 g/mol. The van der Waals surface area contributed by atoms with Crippen LogP contribution in [0.3, 0.4) is 0 Å². The van der Waals surface area contributed by atoms with Crippen molar-refractivity contribution >= 4 is 11.9 Å². The van der Waals surface area contributed by atoms with Gasteiger partial charge < -0.3 is 25.5 Å². The number of carbonyl (C=O) groups is 1. The van der Waals surface area contributed by atoms with Crippen LogP contribution in [0.2, 0.25) is 0 Å². The fourth-order valence-electron chi connectivity index (χ4n) is 1.78. The Balaban J connectivity index is 2.34. The molecule has 5 N–H and O–H groups in total. The molecule has 0 unspecified atom stereocenters. The maximum atomic E-state index is 11.9. The molecule has 0 aliphatic carbocycles. The smallest absolute Gasteiger partial charge is 0.193 e. The zero-order valence-corrected chi connectivity index (χ0v) is 10.7. The molecule has 0 atom stereocenters. The molecule has 0 spiro atoms. The first-order valence-electron chi connectivity index (χ1n) is 5.88. The number of hydrogen-bond donors (Lipinski definition) is 5. The fourth-order valence-corrected chi connectivity index (χ4v) is 1.78. The van der Waals surface area contributed by atoms with Crippen molar-refractivity contribution in [3.05, 3.63) is 47.5 Å². The third-order valence-corrected chi connectivity index (χ3v) is 2.79. The van der Waals surface area contributed by atoms with Crippen LogP contribution in [0.25, 0.3) is 6.08 Å². The quantitative estimate of drug-likeness (QED) is 0.335. The molecule has 2 aromatic carbocycles. The first-order chi connectivity index (χ1) is 9.90. The normalized spacial score (nSPS) is 10.9. The average molecular weight is 288 g/mol. The molecule has 0 saturated heterocycles. The molecule has 0 fully saturated rings. The minimum absolute atomic E-state index is 0.195. The maximum Gasteiger partial charge on any atom is 0.193 e. The van der Waals surface area contributed by atoms with Crippen molar-refractivity contribution in [3.8, 4) is 28.7 Å². The second-order valence-electron chi connectivity index (χ2n) is 4.27. The number of ketones is 1. The summed E-state index contributed by atoms with van der Waals surface area (Å²) in [6, 6.07) is 6.08. The summed E-state index contributed by atoms with van der Waals surface area (Å²) in [4.78, 5) is 11.9. The Bertz CT molecular complexity index is 710. The van der Waals surface area contributed by atoms with E-state index in [0.717, 1.165) is 18.2 Å². The van der Waals surface area contributed by atoms with Crippen molar-refractivity contribution in [3.63, 3.8) is 0 Å². The Labute approximate surface area is 119 Å². The highest BCUT2D eigenvalue weighted by molar-refractivity contribution is 6.10. The molecule has 6 heteroatoms. The van der Waals surface area contributed by atoms with Crippen molar-refractivity contribution in [2.24, 2.45) is 0 Å². The molecule has 2 rings (SSSR count). The Morgan fingerprint density at radius 2 is 1.52 bits per heavy atom. The van der Waals surface area contributed by atoms with E-state index < -0.39 is 17.3 Å². The van der Waals surface area contributed by atoms with E-state index in [2.05, 4.69) is 0 Å². The van der Waals surface area contributed by atoms with Gasteiger partial charge in [0.1, 0.15) is 22.8 Å². The number of para-hydroxylation sites is 1. The standard InChI is InChI=1S/C15H12O6/c16-9-6-12(19)14(13(20)7-9)10(17)5-4-8-2-1-3-11(18)15(8)21/h1-7,16,18-21H. The second kappa shape index (κ2) is 5.46. The van der Waals surface area contributed by atoms with E-state index in [-0.39, 0.29) is 28.4 Å². The van der Waals surface area contributed by atoms with Crippen LogP contribution >= 0.6 is 0 Å². The molecule has 0 amide bonds. The van der Waals surface area contributed by atoms with Gasteiger partial charge in [-0.2, -0.15) is 0 Å². The molecule has 0 aromatic heterocycles. The van der Waals surface area contributed by atoms with Gasteiger partial charge in [0.05, 0.1) is 0 Å². The number of carbonyl (C=O) groups excluding carboxylic acids is 1. The molecule has 6 nitrogen and oxygen atoms in total. The van der Waals surface area contributed by atoms with Gasteiger partial charge in [-0.3, -0.25) is 4.79 Å². The number of aromatic hydroxyl groups is 5. The van der Waals surface area contributed by atoms with E-state index in [1.165, 1.54) is 24.3 Å². The van der Waals surface area contributed by atoms with Gasteiger partial charge in [-0.05, 0) is 18.2 Å². The van der Waals surface area contributed by atoms with E-state index in [1.54, 1.807) is 0 Å². The first kappa shape index (κ1) is 14.3. The van der Waals surface area contributed by atoms with Crippen LogP contribution in [0.4, 0.5) is 0 Å². The van der Waals surface area contributed by atoms with Crippen LogP contribution in [0.5, 0.6) is 28.7 Å². The molecule has 108 valence electrons. The summed E-state index contributed by atoms with van der Waals surface area (Å²) in [5, 5.41) is 47.2. The largest absolute Gasteiger partial charge is 0.508 e. The Kier molecular flexibility index (Phi) is 3.71. The number of allylic oxidation sites excluding steroid dienone is 1. The third-order valence-electron chi connectivity index (χ3n) is 2.79. The van der Waals surface area contributed by atoms with E-state index in [0.29, 0.717) is 0 Å². The lowest BCUT2D eigenvalue weighted by molar-refractivity contribution is 0.104. The number of benzene rings is 2. The molecule has 0 bridgehead atoms. The molecule has 2 aromatic rings. The summed E-state index contributed by atoms with van der Waals surface area (Å²) < 4.78 is 0. The maximum absolute atomic E-state index is 11.9. The Hall–Kier alpha value is -3.15. The van der Waals surface area contributed by atoms with Gasteiger partial charge in [0.25, 0.3) is 0 Å². The van der Waals surface area contributed by atoms with E-state index in [9.17, 15) is 25.2 Å². The van der Waals surface area contributed by atoms with Gasteiger partial charge in [-0.25, -0.2) is 0 Å². The van der Waals surface area contributed by atoms with E-state index >= 15 is 0 Å². The molecule has 0 radical (unpaired) electrons. The second-order valence-corrected chi connectivity index (χ2v) is 4.27. The molecular weight excluding hydrogens is 276 g/mol. The van der Waals surface area contributed by atoms with E-state index in [1.807, 2.05) is 0 Å². The van der Waals surface area contributed by atoms with Crippen molar-refractivity contribution in [1.29, 1.82) is 0 Å². The highest BCUT2D eigenvalue weighted by Crippen LogP contribution is 2.33. The van der Waals surface area contributed by atoms with Crippen molar-refractivity contribution in [1.82, 2.24) is 0 Å². The lowest BCUT2D eigenvalue weighted by Crippen LogP contribution is -1.95. The van der Waals surface area contributed by atoms with Gasteiger partial charge in [-0.15, -0.1) is 0 Å². The number of hydrogen-bond acceptors (Lipinski definition) is 6. The fraction of sp³-hybridized carbons (Fsp3) is 0. The number of rotatable bonds is 3. The highest BCUT2D eigenvalue weighted by atomic mass is 16.3. The van der Waals surface area contributed by atoms with Crippen LogP contribution in [0.1, 0.15) is 15.9 Å². The van der Waals surface area contributed by atoms with Crippen LogP contribution in [0, 0.1) is 0 Å². The molecule has 21 heavy (non-hydrogen) atoms. The van der Waals surface area contributed by atoms with Crippen LogP contribution < -0.4 is 0 Å². The van der Waals surface area contributed by atoms with Crippen molar-refractivity contribution in [2.45, 2.75) is 0 Å². The van der Waals surface area contributed by atoms with Gasteiger partial charge in [-0.1, -0.05) is 12.1 Å². The van der Waals surface area contributed by atoms with Crippen LogP contribution in [-0.2, 0) is 0 Å². The van der Waals surface area contributed by atoms with Gasteiger partial charge in [0.15, 0.2) is 17.3 Å². The summed E-state index contributed by atoms with van der Waals surface area (Å²) in [5.74, 6) is -2.96. The van der Waals surface area contributed by atoms with Crippen molar-refractivity contribution < 1.29 is 30.3 Å². The molecule has 0 heterocycles. The predicted molar refractivity (Wildman–Crippen MR) is 74.6 cm³/mol. The summed E-state index contributed by atoms with van der Waals surface area (Å²) in [6.07, 6.45) is 2.24. The van der Waals surface area contributed by atoms with Gasteiger partial charge in [0, 0.05) is 17.7 Å². The lowest BCUT2D eigenvalue weighted by atomic mass is 10.1. The topological polar surface area (TPSA) is 118 Å². The van der Waals surface area contributed by atoms with Crippen molar-refractivity contribution in [2.75, 3.05) is 0 Å². The summed E-state index contributed by atoms with van der Waals surface area (Å²) >= 11 is 0. The van der Waals surface area contributed by atoms with Gasteiger partial charge >= 0.3 is 0 Å². The third kappa shape index (κ3) is 2.89. The summed E-state index contributed by atoms with van der Waals surface area (Å²) in [5.41, 5.74) is -0.176. The van der Waals surface area contributed by atoms with E-state index in [4.69, 9.17) is 5.11 Å². The molecule has 0 aliphatic heterocycles. The van der Waals surface area contributed by atoms with Crippen LogP contribution in [0.15, 0.2) is 36.4 Å². The lowest BCUT2D eigenvalue weighted by Gasteiger charge is -2.05. The first-order valence-corrected chi connectivity index (χ1v) is 5.88. The molecule has 0 aliphatic rings. The SMILES string of the molecule is O=C(C=Cc1cccc(O)c1O)c1c(O)cc(O)cc1O. The highest BCUT2D eigenvalue weighted by Gasteiger charge is 2.15. The predicted octanol–water partition coefficient (Wildman–Crippen LogP) is 2.11. The number of phenolic OH excluding ortho intramolecular Hbond substituents is 5. The molecule has 0 saturated carbocycles. The average Bonchev–Trinajstić information content (AvgIpc) is 2.39.